The normalized spacial score (nSPS) is 11.7. The molecule has 0 amide bonds. The molecule has 0 radical (unpaired) electrons. The number of unbranched alkanes of at least 4 members (excludes halogenated alkanes) is 15. The van der Waals surface area contributed by atoms with Crippen molar-refractivity contribution in [2.75, 3.05) is 33.8 Å². The lowest BCUT2D eigenvalue weighted by Gasteiger charge is -2.29. The van der Waals surface area contributed by atoms with Gasteiger partial charge in [-0.05, 0) is 12.8 Å². The smallest absolute Gasteiger partial charge is 0.294 e. The Morgan fingerprint density at radius 2 is 1.04 bits per heavy atom. The van der Waals surface area contributed by atoms with Crippen LogP contribution < -0.4 is 0 Å². The van der Waals surface area contributed by atoms with Crippen molar-refractivity contribution in [3.8, 4) is 0 Å². The summed E-state index contributed by atoms with van der Waals surface area (Å²) in [6.07, 6.45) is 22.2. The third kappa shape index (κ3) is 21.3. The van der Waals surface area contributed by atoms with E-state index in [1.54, 1.807) is 0 Å². The SMILES string of the molecule is CCCCCCCCCCCCCCCCCC[N+](C)(C)CCO[N+](=O)[O-]. The lowest BCUT2D eigenvalue weighted by Crippen LogP contribution is -2.43. The highest BCUT2D eigenvalue weighted by atomic mass is 16.9. The summed E-state index contributed by atoms with van der Waals surface area (Å²) >= 11 is 0. The van der Waals surface area contributed by atoms with Crippen molar-refractivity contribution in [3.63, 3.8) is 0 Å². The van der Waals surface area contributed by atoms with Gasteiger partial charge in [0.15, 0.2) is 0 Å². The molecule has 0 bridgehead atoms. The Balaban J connectivity index is 3.23. The Morgan fingerprint density at radius 1 is 0.667 bits per heavy atom. The average molecular weight is 388 g/mol. The molecule has 5 heteroatoms. The number of likely N-dealkylation sites (N-methyl/N-ethyl adjacent to an activating group) is 1. The van der Waals surface area contributed by atoms with Gasteiger partial charge >= 0.3 is 0 Å². The molecule has 0 fully saturated rings. The minimum absolute atomic E-state index is 0.193. The standard InChI is InChI=1S/C22H47N2O3/c1-4-5-6-7-8-9-10-11-12-13-14-15-16-17-18-19-20-24(2,3)21-22-27-23(25)26/h4-22H2,1-3H3/q+1. The van der Waals surface area contributed by atoms with E-state index in [2.05, 4.69) is 25.9 Å². The van der Waals surface area contributed by atoms with Gasteiger partial charge in [0.25, 0.3) is 5.09 Å². The summed E-state index contributed by atoms with van der Waals surface area (Å²) in [6, 6.07) is 0. The molecule has 0 heterocycles. The largest absolute Gasteiger partial charge is 0.327 e. The van der Waals surface area contributed by atoms with Crippen LogP contribution in [0.3, 0.4) is 0 Å². The van der Waals surface area contributed by atoms with Gasteiger partial charge in [-0.2, -0.15) is 0 Å². The highest BCUT2D eigenvalue weighted by Gasteiger charge is 2.14. The molecular weight excluding hydrogens is 340 g/mol. The van der Waals surface area contributed by atoms with Crippen molar-refractivity contribution in [2.24, 2.45) is 0 Å². The van der Waals surface area contributed by atoms with Gasteiger partial charge in [0, 0.05) is 0 Å². The molecule has 0 aromatic carbocycles. The maximum Gasteiger partial charge on any atom is 0.294 e. The summed E-state index contributed by atoms with van der Waals surface area (Å²) in [5.74, 6) is 0. The molecule has 162 valence electrons. The fourth-order valence-electron chi connectivity index (χ4n) is 3.56. The van der Waals surface area contributed by atoms with E-state index in [1.807, 2.05) is 0 Å². The first-order valence-corrected chi connectivity index (χ1v) is 11.6. The van der Waals surface area contributed by atoms with Gasteiger partial charge in [0.2, 0.25) is 0 Å². The van der Waals surface area contributed by atoms with Crippen LogP contribution in [0, 0.1) is 10.1 Å². The third-order valence-corrected chi connectivity index (χ3v) is 5.51. The Labute approximate surface area is 168 Å². The summed E-state index contributed by atoms with van der Waals surface area (Å²) in [6.45, 7) is 4.24. The quantitative estimate of drug-likeness (QED) is 0.0973. The van der Waals surface area contributed by atoms with Crippen LogP contribution in [-0.2, 0) is 4.84 Å². The summed E-state index contributed by atoms with van der Waals surface area (Å²) in [5.41, 5.74) is 0. The maximum atomic E-state index is 10.2. The van der Waals surface area contributed by atoms with E-state index in [-0.39, 0.29) is 6.61 Å². The van der Waals surface area contributed by atoms with Crippen LogP contribution in [0.2, 0.25) is 0 Å². The van der Waals surface area contributed by atoms with E-state index in [0.717, 1.165) is 11.0 Å². The minimum Gasteiger partial charge on any atom is -0.327 e. The molecule has 0 saturated heterocycles. The van der Waals surface area contributed by atoms with Crippen LogP contribution in [0.15, 0.2) is 0 Å². The molecule has 0 aromatic rings. The van der Waals surface area contributed by atoms with Gasteiger partial charge in [-0.3, -0.25) is 0 Å². The third-order valence-electron chi connectivity index (χ3n) is 5.51. The van der Waals surface area contributed by atoms with Crippen molar-refractivity contribution < 1.29 is 14.4 Å². The van der Waals surface area contributed by atoms with Crippen LogP contribution in [0.5, 0.6) is 0 Å². The van der Waals surface area contributed by atoms with Crippen molar-refractivity contribution in [3.05, 3.63) is 10.1 Å². The van der Waals surface area contributed by atoms with E-state index < -0.39 is 5.09 Å². The summed E-state index contributed by atoms with van der Waals surface area (Å²) in [7, 11) is 4.24. The molecule has 0 saturated carbocycles. The molecule has 0 aliphatic rings. The van der Waals surface area contributed by atoms with Gasteiger partial charge in [0.05, 0.1) is 20.6 Å². The summed E-state index contributed by atoms with van der Waals surface area (Å²) in [5, 5.41) is 9.48. The van der Waals surface area contributed by atoms with E-state index in [4.69, 9.17) is 0 Å². The molecule has 0 aliphatic heterocycles. The van der Waals surface area contributed by atoms with Crippen molar-refractivity contribution in [1.82, 2.24) is 0 Å². The van der Waals surface area contributed by atoms with Gasteiger partial charge < -0.3 is 9.32 Å². The van der Waals surface area contributed by atoms with Crippen LogP contribution >= 0.6 is 0 Å². The molecule has 27 heavy (non-hydrogen) atoms. The average Bonchev–Trinajstić information content (AvgIpc) is 2.60. The van der Waals surface area contributed by atoms with Crippen molar-refractivity contribution in [2.45, 2.75) is 110 Å². The second-order valence-corrected chi connectivity index (χ2v) is 8.74. The highest BCUT2D eigenvalue weighted by Crippen LogP contribution is 2.14. The molecule has 0 rings (SSSR count). The van der Waals surface area contributed by atoms with E-state index >= 15 is 0 Å². The minimum atomic E-state index is -0.700. The lowest BCUT2D eigenvalue weighted by atomic mass is 10.0. The predicted octanol–water partition coefficient (Wildman–Crippen LogP) is 6.53. The Bertz CT molecular complexity index is 336. The zero-order chi connectivity index (χ0) is 20.2. The molecule has 0 unspecified atom stereocenters. The van der Waals surface area contributed by atoms with E-state index in [0.29, 0.717) is 6.54 Å². The Hall–Kier alpha value is -0.840. The topological polar surface area (TPSA) is 52.4 Å². The molecule has 5 nitrogen and oxygen atoms in total. The molecule has 0 atom stereocenters. The zero-order valence-corrected chi connectivity index (χ0v) is 18.6. The van der Waals surface area contributed by atoms with Gasteiger partial charge in [-0.15, -0.1) is 10.1 Å². The number of hydrogen-bond donors (Lipinski definition) is 0. The Kier molecular flexibility index (Phi) is 17.9. The van der Waals surface area contributed by atoms with Crippen LogP contribution in [-0.4, -0.2) is 43.4 Å². The second-order valence-electron chi connectivity index (χ2n) is 8.74. The maximum absolute atomic E-state index is 10.2. The number of nitrogens with zero attached hydrogens (tertiary/aromatic N) is 2. The second kappa shape index (κ2) is 18.5. The predicted molar refractivity (Wildman–Crippen MR) is 114 cm³/mol. The lowest BCUT2D eigenvalue weighted by molar-refractivity contribution is -0.898. The van der Waals surface area contributed by atoms with Gasteiger partial charge in [-0.1, -0.05) is 96.8 Å². The first-order valence-electron chi connectivity index (χ1n) is 11.6. The van der Waals surface area contributed by atoms with Crippen molar-refractivity contribution in [1.29, 1.82) is 0 Å². The van der Waals surface area contributed by atoms with Crippen molar-refractivity contribution >= 4 is 0 Å². The molecule has 0 aliphatic carbocycles. The molecule has 0 N–H and O–H groups in total. The van der Waals surface area contributed by atoms with Gasteiger partial charge in [-0.25, -0.2) is 0 Å². The van der Waals surface area contributed by atoms with Crippen LogP contribution in [0.4, 0.5) is 0 Å². The molecule has 0 aromatic heterocycles. The van der Waals surface area contributed by atoms with Crippen LogP contribution in [0.1, 0.15) is 110 Å². The number of rotatable bonds is 21. The first kappa shape index (κ1) is 26.2. The van der Waals surface area contributed by atoms with E-state index in [9.17, 15) is 10.1 Å². The fourth-order valence-corrected chi connectivity index (χ4v) is 3.56. The highest BCUT2D eigenvalue weighted by molar-refractivity contribution is 4.50. The van der Waals surface area contributed by atoms with Crippen LogP contribution in [0.25, 0.3) is 0 Å². The molecular formula is C22H47N2O3+. The van der Waals surface area contributed by atoms with Gasteiger partial charge in [0.1, 0.15) is 13.2 Å². The Morgan fingerprint density at radius 3 is 1.41 bits per heavy atom. The number of hydrogen-bond acceptors (Lipinski definition) is 3. The fraction of sp³-hybridized carbons (Fsp3) is 1.00. The summed E-state index contributed by atoms with van der Waals surface area (Å²) in [4.78, 5) is 14.6. The molecule has 0 spiro atoms. The van der Waals surface area contributed by atoms with E-state index in [1.165, 1.54) is 103 Å². The monoisotopic (exact) mass is 387 g/mol. The first-order chi connectivity index (χ1) is 13.0. The zero-order valence-electron chi connectivity index (χ0n) is 18.6. The summed E-state index contributed by atoms with van der Waals surface area (Å²) < 4.78 is 0.798. The number of quaternary nitrogens is 1.